The van der Waals surface area contributed by atoms with Gasteiger partial charge in [-0.2, -0.15) is 0 Å². The topological polar surface area (TPSA) is 53.0 Å². The Morgan fingerprint density at radius 3 is 2.54 bits per heavy atom. The van der Waals surface area contributed by atoms with Gasteiger partial charge in [0.25, 0.3) is 5.91 Å². The predicted molar refractivity (Wildman–Crippen MR) is 139 cm³/mol. The van der Waals surface area contributed by atoms with Crippen LogP contribution in [0.1, 0.15) is 61.0 Å². The van der Waals surface area contributed by atoms with E-state index in [1.165, 1.54) is 12.8 Å². The second-order valence-corrected chi connectivity index (χ2v) is 10.8. The van der Waals surface area contributed by atoms with Crippen LogP contribution in [0, 0.1) is 17.8 Å². The predicted octanol–water partition coefficient (Wildman–Crippen LogP) is 4.92. The van der Waals surface area contributed by atoms with E-state index in [2.05, 4.69) is 23.8 Å². The third-order valence-electron chi connectivity index (χ3n) is 7.76. The van der Waals surface area contributed by atoms with E-state index in [9.17, 15) is 9.90 Å². The first kappa shape index (κ1) is 24.2. The first-order valence-electron chi connectivity index (χ1n) is 12.6. The van der Waals surface area contributed by atoms with Crippen LogP contribution in [0.2, 0.25) is 5.02 Å². The van der Waals surface area contributed by atoms with Crippen LogP contribution < -0.4 is 9.64 Å². The van der Waals surface area contributed by atoms with Crippen molar-refractivity contribution in [3.05, 3.63) is 58.1 Å². The van der Waals surface area contributed by atoms with Gasteiger partial charge in [0.15, 0.2) is 0 Å². The maximum Gasteiger partial charge on any atom is 0.258 e. The summed E-state index contributed by atoms with van der Waals surface area (Å²) in [6.45, 7) is 4.44. The number of nitrogens with zero attached hydrogens (tertiary/aromatic N) is 2. The summed E-state index contributed by atoms with van der Waals surface area (Å²) in [4.78, 5) is 17.6. The first-order valence-corrected chi connectivity index (χ1v) is 13.0. The van der Waals surface area contributed by atoms with Gasteiger partial charge in [-0.05, 0) is 87.0 Å². The van der Waals surface area contributed by atoms with Gasteiger partial charge in [0.1, 0.15) is 18.0 Å². The number of carbonyl (C=O) groups excluding carboxylic acids is 1. The molecule has 2 fully saturated rings. The van der Waals surface area contributed by atoms with Crippen LogP contribution in [-0.4, -0.2) is 53.8 Å². The van der Waals surface area contributed by atoms with Crippen LogP contribution in [-0.2, 0) is 6.42 Å². The fraction of sp³-hybridized carbons (Fsp3) is 0.483. The third kappa shape index (κ3) is 4.93. The van der Waals surface area contributed by atoms with E-state index in [-0.39, 0.29) is 17.9 Å². The molecule has 2 saturated heterocycles. The summed E-state index contributed by atoms with van der Waals surface area (Å²) in [5.74, 6) is 6.66. The van der Waals surface area contributed by atoms with Gasteiger partial charge < -0.3 is 19.6 Å². The first-order chi connectivity index (χ1) is 16.8. The van der Waals surface area contributed by atoms with E-state index in [4.69, 9.17) is 16.3 Å². The van der Waals surface area contributed by atoms with E-state index in [0.717, 1.165) is 36.1 Å². The molecule has 35 heavy (non-hydrogen) atoms. The van der Waals surface area contributed by atoms with E-state index in [1.54, 1.807) is 4.90 Å². The summed E-state index contributed by atoms with van der Waals surface area (Å²) in [5.41, 5.74) is 3.27. The van der Waals surface area contributed by atoms with Crippen molar-refractivity contribution in [2.75, 3.05) is 18.5 Å². The molecule has 1 amide bonds. The standard InChI is InChI=1S/C29H33ClN2O3/c1-18(2)27(33)10-5-19-4-9-25-20(14-19)12-13-32(29(25)34)23-8-11-28(26(30)17-23)35-24-15-21-6-7-22(16-24)31(21)3/h4,8-9,11,14,17-18,21-22,24,27,33H,6-7,12-13,15-16H2,1-3H3/t21-,22+,24?,27?. The van der Waals surface area contributed by atoms with Crippen molar-refractivity contribution in [3.8, 4) is 17.6 Å². The van der Waals surface area contributed by atoms with Crippen molar-refractivity contribution in [1.29, 1.82) is 0 Å². The quantitative estimate of drug-likeness (QED) is 0.616. The highest BCUT2D eigenvalue weighted by molar-refractivity contribution is 6.32. The maximum atomic E-state index is 13.3. The summed E-state index contributed by atoms with van der Waals surface area (Å²) in [7, 11) is 2.22. The summed E-state index contributed by atoms with van der Waals surface area (Å²) in [6.07, 6.45) is 4.84. The number of hydrogen-bond donors (Lipinski definition) is 1. The van der Waals surface area contributed by atoms with Gasteiger partial charge >= 0.3 is 0 Å². The average molecular weight is 493 g/mol. The van der Waals surface area contributed by atoms with Crippen LogP contribution in [0.5, 0.6) is 5.75 Å². The van der Waals surface area contributed by atoms with Crippen molar-refractivity contribution >= 4 is 23.2 Å². The number of aliphatic hydroxyl groups is 1. The Morgan fingerprint density at radius 1 is 1.11 bits per heavy atom. The van der Waals surface area contributed by atoms with Gasteiger partial charge in [-0.3, -0.25) is 4.79 Å². The molecule has 0 aliphatic carbocycles. The van der Waals surface area contributed by atoms with E-state index in [0.29, 0.717) is 35.0 Å². The monoisotopic (exact) mass is 492 g/mol. The van der Waals surface area contributed by atoms with Gasteiger partial charge in [0.05, 0.1) is 5.02 Å². The summed E-state index contributed by atoms with van der Waals surface area (Å²) in [5, 5.41) is 10.5. The van der Waals surface area contributed by atoms with Crippen molar-refractivity contribution in [1.82, 2.24) is 4.90 Å². The van der Waals surface area contributed by atoms with Gasteiger partial charge in [-0.15, -0.1) is 0 Å². The number of amides is 1. The molecule has 0 spiro atoms. The lowest BCUT2D eigenvalue weighted by atomic mass is 9.96. The Kier molecular flexibility index (Phi) is 6.81. The number of piperidine rings is 1. The van der Waals surface area contributed by atoms with Crippen molar-refractivity contribution < 1.29 is 14.6 Å². The fourth-order valence-corrected chi connectivity index (χ4v) is 5.75. The summed E-state index contributed by atoms with van der Waals surface area (Å²) < 4.78 is 6.32. The molecule has 6 heteroatoms. The number of fused-ring (bicyclic) bond motifs is 3. The fourth-order valence-electron chi connectivity index (χ4n) is 5.53. The number of ether oxygens (including phenoxy) is 1. The zero-order valence-corrected chi connectivity index (χ0v) is 21.4. The second kappa shape index (κ2) is 9.85. The lowest BCUT2D eigenvalue weighted by molar-refractivity contribution is 0.0662. The van der Waals surface area contributed by atoms with Crippen LogP contribution in [0.4, 0.5) is 5.69 Å². The Morgan fingerprint density at radius 2 is 1.86 bits per heavy atom. The minimum absolute atomic E-state index is 0.0374. The molecule has 5 rings (SSSR count). The zero-order valence-electron chi connectivity index (χ0n) is 20.6. The largest absolute Gasteiger partial charge is 0.489 e. The molecule has 0 aromatic heterocycles. The molecular weight excluding hydrogens is 460 g/mol. The maximum absolute atomic E-state index is 13.3. The number of anilines is 1. The highest BCUT2D eigenvalue weighted by Crippen LogP contribution is 2.38. The van der Waals surface area contributed by atoms with Crippen LogP contribution in [0.15, 0.2) is 36.4 Å². The molecule has 0 radical (unpaired) electrons. The van der Waals surface area contributed by atoms with Crippen molar-refractivity contribution in [2.24, 2.45) is 5.92 Å². The molecular formula is C29H33ClN2O3. The van der Waals surface area contributed by atoms with Crippen LogP contribution in [0.3, 0.4) is 0 Å². The van der Waals surface area contributed by atoms with Crippen molar-refractivity contribution in [2.45, 2.75) is 70.2 Å². The Hall–Kier alpha value is -2.52. The normalized spacial score (nSPS) is 24.7. The Balaban J connectivity index is 1.28. The summed E-state index contributed by atoms with van der Waals surface area (Å²) >= 11 is 6.63. The lowest BCUT2D eigenvalue weighted by Gasteiger charge is -2.36. The van der Waals surface area contributed by atoms with E-state index >= 15 is 0 Å². The number of halogens is 1. The van der Waals surface area contributed by atoms with Crippen molar-refractivity contribution in [3.63, 3.8) is 0 Å². The highest BCUT2D eigenvalue weighted by atomic mass is 35.5. The zero-order chi connectivity index (χ0) is 24.7. The number of aliphatic hydroxyl groups excluding tert-OH is 1. The molecule has 2 bridgehead atoms. The van der Waals surface area contributed by atoms with Gasteiger partial charge in [-0.25, -0.2) is 0 Å². The molecule has 184 valence electrons. The molecule has 3 heterocycles. The van der Waals surface area contributed by atoms with Crippen LogP contribution >= 0.6 is 11.6 Å². The van der Waals surface area contributed by atoms with Gasteiger partial charge in [0.2, 0.25) is 0 Å². The number of hydrogen-bond acceptors (Lipinski definition) is 4. The van der Waals surface area contributed by atoms with Crippen LogP contribution in [0.25, 0.3) is 0 Å². The highest BCUT2D eigenvalue weighted by Gasteiger charge is 2.39. The summed E-state index contributed by atoms with van der Waals surface area (Å²) in [6, 6.07) is 12.5. The lowest BCUT2D eigenvalue weighted by Crippen LogP contribution is -2.43. The molecule has 3 aliphatic heterocycles. The molecule has 0 saturated carbocycles. The van der Waals surface area contributed by atoms with E-state index < -0.39 is 6.10 Å². The molecule has 2 aromatic carbocycles. The third-order valence-corrected chi connectivity index (χ3v) is 8.05. The molecule has 5 nitrogen and oxygen atoms in total. The minimum atomic E-state index is -0.658. The SMILES string of the molecule is CC(C)C(O)C#Cc1ccc2c(c1)CCN(c1ccc(OC3C[C@H]4CC[C@@H](C3)N4C)c(Cl)c1)C2=O. The Labute approximate surface area is 213 Å². The van der Waals surface area contributed by atoms with E-state index in [1.807, 2.05) is 50.2 Å². The minimum Gasteiger partial charge on any atom is -0.489 e. The molecule has 1 N–H and O–H groups in total. The number of benzene rings is 2. The van der Waals surface area contributed by atoms with Gasteiger partial charge in [0, 0.05) is 35.4 Å². The average Bonchev–Trinajstić information content (AvgIpc) is 3.04. The number of carbonyl (C=O) groups is 1. The smallest absolute Gasteiger partial charge is 0.258 e. The molecule has 3 aliphatic rings. The molecule has 2 unspecified atom stereocenters. The van der Waals surface area contributed by atoms with Gasteiger partial charge in [-0.1, -0.05) is 37.3 Å². The Bertz CT molecular complexity index is 1170. The molecule has 2 aromatic rings. The molecule has 4 atom stereocenters. The number of rotatable bonds is 4. The second-order valence-electron chi connectivity index (χ2n) is 10.4.